The van der Waals surface area contributed by atoms with Crippen LogP contribution in [0.15, 0.2) is 18.2 Å². The van der Waals surface area contributed by atoms with Crippen LogP contribution in [0, 0.1) is 0 Å². The van der Waals surface area contributed by atoms with Crippen LogP contribution in [0.3, 0.4) is 0 Å². The van der Waals surface area contributed by atoms with Gasteiger partial charge in [-0.1, -0.05) is 36.0 Å². The van der Waals surface area contributed by atoms with Gasteiger partial charge in [-0.05, 0) is 31.0 Å². The molecule has 0 aliphatic rings. The van der Waals surface area contributed by atoms with Crippen LogP contribution in [0.2, 0.25) is 10.0 Å². The Hall–Kier alpha value is -0.970. The van der Waals surface area contributed by atoms with Crippen molar-refractivity contribution in [1.82, 2.24) is 5.48 Å². The van der Waals surface area contributed by atoms with Crippen molar-refractivity contribution in [3.8, 4) is 5.75 Å². The number of ether oxygens (including phenoxy) is 1. The summed E-state index contributed by atoms with van der Waals surface area (Å²) >= 11 is 11.7. The molecule has 19 heavy (non-hydrogen) atoms. The Labute approximate surface area is 122 Å². The average molecular weight is 306 g/mol. The van der Waals surface area contributed by atoms with E-state index in [1.54, 1.807) is 23.7 Å². The van der Waals surface area contributed by atoms with Crippen LogP contribution in [-0.2, 0) is 4.79 Å². The molecule has 0 fully saturated rings. The molecule has 106 valence electrons. The summed E-state index contributed by atoms with van der Waals surface area (Å²) in [4.78, 5) is 10.7. The lowest BCUT2D eigenvalue weighted by Gasteiger charge is -2.07. The quantitative estimate of drug-likeness (QED) is 0.436. The maximum atomic E-state index is 10.7. The smallest absolute Gasteiger partial charge is 0.243 e. The molecule has 1 rings (SSSR count). The first-order valence-electron chi connectivity index (χ1n) is 6.13. The van der Waals surface area contributed by atoms with Gasteiger partial charge in [0.25, 0.3) is 0 Å². The van der Waals surface area contributed by atoms with Gasteiger partial charge < -0.3 is 4.74 Å². The van der Waals surface area contributed by atoms with Gasteiger partial charge in [-0.3, -0.25) is 10.0 Å². The van der Waals surface area contributed by atoms with Crippen LogP contribution in [0.4, 0.5) is 0 Å². The Morgan fingerprint density at radius 1 is 1.11 bits per heavy atom. The molecule has 4 nitrogen and oxygen atoms in total. The van der Waals surface area contributed by atoms with E-state index in [1.807, 2.05) is 0 Å². The first-order valence-corrected chi connectivity index (χ1v) is 6.89. The maximum Gasteiger partial charge on any atom is 0.243 e. The number of amides is 1. The van der Waals surface area contributed by atoms with Gasteiger partial charge in [0.05, 0.1) is 6.61 Å². The van der Waals surface area contributed by atoms with Gasteiger partial charge in [-0.25, -0.2) is 5.48 Å². The first kappa shape index (κ1) is 16.1. The molecule has 1 aromatic carbocycles. The molecular weight excluding hydrogens is 289 g/mol. The fourth-order valence-electron chi connectivity index (χ4n) is 1.60. The number of benzene rings is 1. The van der Waals surface area contributed by atoms with Gasteiger partial charge in [0.2, 0.25) is 5.91 Å². The topological polar surface area (TPSA) is 58.6 Å². The molecule has 0 unspecified atom stereocenters. The second-order valence-corrected chi connectivity index (χ2v) is 5.03. The summed E-state index contributed by atoms with van der Waals surface area (Å²) in [5.41, 5.74) is 1.61. The molecule has 0 aromatic heterocycles. The third-order valence-electron chi connectivity index (χ3n) is 2.53. The van der Waals surface area contributed by atoms with Gasteiger partial charge >= 0.3 is 0 Å². The molecule has 0 bridgehead atoms. The van der Waals surface area contributed by atoms with Gasteiger partial charge in [0.1, 0.15) is 5.75 Å². The van der Waals surface area contributed by atoms with E-state index in [0.29, 0.717) is 28.8 Å². The van der Waals surface area contributed by atoms with Crippen molar-refractivity contribution in [2.75, 3.05) is 6.61 Å². The molecule has 0 spiro atoms. The van der Waals surface area contributed by atoms with E-state index in [2.05, 4.69) is 0 Å². The molecule has 0 atom stereocenters. The minimum absolute atomic E-state index is 0.343. The maximum absolute atomic E-state index is 10.7. The molecule has 1 amide bonds. The van der Waals surface area contributed by atoms with Crippen molar-refractivity contribution in [2.24, 2.45) is 0 Å². The number of rotatable bonds is 8. The summed E-state index contributed by atoms with van der Waals surface area (Å²) in [5, 5.41) is 9.41. The molecule has 1 aromatic rings. The summed E-state index contributed by atoms with van der Waals surface area (Å²) in [5.74, 6) is 0.321. The second kappa shape index (κ2) is 9.02. The van der Waals surface area contributed by atoms with Crippen molar-refractivity contribution in [3.63, 3.8) is 0 Å². The number of nitrogens with one attached hydrogen (secondary N) is 1. The predicted molar refractivity (Wildman–Crippen MR) is 75.0 cm³/mol. The van der Waals surface area contributed by atoms with Gasteiger partial charge in [0, 0.05) is 16.5 Å². The lowest BCUT2D eigenvalue weighted by Crippen LogP contribution is -2.17. The van der Waals surface area contributed by atoms with Crippen LogP contribution in [0.1, 0.15) is 32.1 Å². The predicted octanol–water partition coefficient (Wildman–Crippen LogP) is 3.83. The number of hydrogen-bond donors (Lipinski definition) is 2. The molecule has 0 saturated heterocycles. The van der Waals surface area contributed by atoms with E-state index in [-0.39, 0.29) is 5.91 Å². The molecular formula is C13H17Cl2NO3. The summed E-state index contributed by atoms with van der Waals surface area (Å²) < 4.78 is 5.53. The van der Waals surface area contributed by atoms with E-state index in [0.717, 1.165) is 25.7 Å². The Bertz CT molecular complexity index is 393. The highest BCUT2D eigenvalue weighted by molar-refractivity contribution is 6.34. The van der Waals surface area contributed by atoms with E-state index in [4.69, 9.17) is 33.1 Å². The number of carbonyl (C=O) groups is 1. The summed E-state index contributed by atoms with van der Waals surface area (Å²) in [6.07, 6.45) is 3.89. The molecule has 0 heterocycles. The van der Waals surface area contributed by atoms with Crippen LogP contribution >= 0.6 is 23.2 Å². The zero-order chi connectivity index (χ0) is 14.1. The molecule has 6 heteroatoms. The molecule has 0 radical (unpaired) electrons. The fourth-order valence-corrected chi connectivity index (χ4v) is 2.10. The Morgan fingerprint density at radius 3 is 2.37 bits per heavy atom. The van der Waals surface area contributed by atoms with Gasteiger partial charge in [0.15, 0.2) is 0 Å². The van der Waals surface area contributed by atoms with Crippen LogP contribution in [0.25, 0.3) is 0 Å². The molecule has 0 saturated carbocycles. The van der Waals surface area contributed by atoms with Crippen molar-refractivity contribution in [2.45, 2.75) is 32.1 Å². The minimum Gasteiger partial charge on any atom is -0.493 e. The summed E-state index contributed by atoms with van der Waals surface area (Å²) in [6.45, 7) is 0.586. The lowest BCUT2D eigenvalue weighted by molar-refractivity contribution is -0.129. The number of hydroxylamine groups is 1. The number of hydrogen-bond acceptors (Lipinski definition) is 3. The molecule has 0 aliphatic heterocycles. The molecule has 2 N–H and O–H groups in total. The van der Waals surface area contributed by atoms with Crippen molar-refractivity contribution < 1.29 is 14.7 Å². The zero-order valence-corrected chi connectivity index (χ0v) is 12.0. The third kappa shape index (κ3) is 7.25. The van der Waals surface area contributed by atoms with Crippen molar-refractivity contribution in [1.29, 1.82) is 0 Å². The van der Waals surface area contributed by atoms with E-state index in [1.165, 1.54) is 0 Å². The normalized spacial score (nSPS) is 10.3. The van der Waals surface area contributed by atoms with Gasteiger partial charge in [-0.2, -0.15) is 0 Å². The molecule has 0 aliphatic carbocycles. The number of carbonyl (C=O) groups excluding carboxylic acids is 1. The van der Waals surface area contributed by atoms with Crippen LogP contribution in [-0.4, -0.2) is 17.7 Å². The zero-order valence-electron chi connectivity index (χ0n) is 10.5. The van der Waals surface area contributed by atoms with Crippen molar-refractivity contribution in [3.05, 3.63) is 28.2 Å². The minimum atomic E-state index is -0.343. The third-order valence-corrected chi connectivity index (χ3v) is 2.96. The Morgan fingerprint density at radius 2 is 1.74 bits per heavy atom. The highest BCUT2D eigenvalue weighted by Crippen LogP contribution is 2.24. The largest absolute Gasteiger partial charge is 0.493 e. The van der Waals surface area contributed by atoms with Crippen molar-refractivity contribution >= 4 is 29.1 Å². The standard InChI is InChI=1S/C13H17Cl2NO3/c14-10-7-11(15)9-12(8-10)19-6-4-2-1-3-5-13(17)16-18/h7-9,18H,1-6H2,(H,16,17). The monoisotopic (exact) mass is 305 g/mol. The fraction of sp³-hybridized carbons (Fsp3) is 0.462. The second-order valence-electron chi connectivity index (χ2n) is 4.15. The van der Waals surface area contributed by atoms with E-state index < -0.39 is 0 Å². The van der Waals surface area contributed by atoms with Crippen LogP contribution in [0.5, 0.6) is 5.75 Å². The van der Waals surface area contributed by atoms with E-state index >= 15 is 0 Å². The lowest BCUT2D eigenvalue weighted by atomic mass is 10.1. The Balaban J connectivity index is 2.09. The Kier molecular flexibility index (Phi) is 7.63. The first-order chi connectivity index (χ1) is 9.11. The number of unbranched alkanes of at least 4 members (excludes halogenated alkanes) is 3. The van der Waals surface area contributed by atoms with E-state index in [9.17, 15) is 4.79 Å². The number of halogens is 2. The van der Waals surface area contributed by atoms with Crippen LogP contribution < -0.4 is 10.2 Å². The average Bonchev–Trinajstić information content (AvgIpc) is 2.36. The van der Waals surface area contributed by atoms with Gasteiger partial charge in [-0.15, -0.1) is 0 Å². The summed E-state index contributed by atoms with van der Waals surface area (Å²) in [6, 6.07) is 5.10. The summed E-state index contributed by atoms with van der Waals surface area (Å²) in [7, 11) is 0. The SMILES string of the molecule is O=C(CCCCCCOc1cc(Cl)cc(Cl)c1)NO. The highest BCUT2D eigenvalue weighted by Gasteiger charge is 2.00. The highest BCUT2D eigenvalue weighted by atomic mass is 35.5.